The molecule has 0 aliphatic carbocycles. The Bertz CT molecular complexity index is 343. The number of aliphatic hydroxyl groups is 1. The molecule has 1 aliphatic heterocycles. The summed E-state index contributed by atoms with van der Waals surface area (Å²) in [5.41, 5.74) is 0. The van der Waals surface area contributed by atoms with Crippen LogP contribution in [-0.4, -0.2) is 42.5 Å². The SMILES string of the molecule is O=COC1=C[C@H](O)C(S(=O)(=O)O)CO1. The Morgan fingerprint density at radius 2 is 2.29 bits per heavy atom. The molecule has 0 saturated heterocycles. The Labute approximate surface area is 79.7 Å². The van der Waals surface area contributed by atoms with E-state index in [0.717, 1.165) is 6.08 Å². The minimum absolute atomic E-state index is 0.0757. The molecular formula is C6H8O7S. The van der Waals surface area contributed by atoms with Gasteiger partial charge in [-0.2, -0.15) is 8.42 Å². The summed E-state index contributed by atoms with van der Waals surface area (Å²) in [6.45, 7) is -0.397. The molecule has 80 valence electrons. The zero-order chi connectivity index (χ0) is 10.8. The van der Waals surface area contributed by atoms with E-state index in [9.17, 15) is 18.3 Å². The van der Waals surface area contributed by atoms with Crippen molar-refractivity contribution in [1.29, 1.82) is 0 Å². The highest BCUT2D eigenvalue weighted by Gasteiger charge is 2.35. The summed E-state index contributed by atoms with van der Waals surface area (Å²) in [7, 11) is -4.38. The predicted octanol–water partition coefficient (Wildman–Crippen LogP) is -1.35. The maximum atomic E-state index is 10.6. The molecule has 0 aromatic heterocycles. The fourth-order valence-electron chi connectivity index (χ4n) is 0.941. The second kappa shape index (κ2) is 3.95. The van der Waals surface area contributed by atoms with Gasteiger partial charge in [-0.3, -0.25) is 9.35 Å². The molecule has 1 aliphatic rings. The minimum atomic E-state index is -4.38. The van der Waals surface area contributed by atoms with Crippen LogP contribution >= 0.6 is 0 Å². The lowest BCUT2D eigenvalue weighted by atomic mass is 10.2. The summed E-state index contributed by atoms with van der Waals surface area (Å²) in [6, 6.07) is 0. The van der Waals surface area contributed by atoms with E-state index in [1.54, 1.807) is 0 Å². The van der Waals surface area contributed by atoms with Gasteiger partial charge < -0.3 is 14.6 Å². The summed E-state index contributed by atoms with van der Waals surface area (Å²) >= 11 is 0. The van der Waals surface area contributed by atoms with Gasteiger partial charge >= 0.3 is 6.47 Å². The lowest BCUT2D eigenvalue weighted by Gasteiger charge is -2.23. The molecule has 7 nitrogen and oxygen atoms in total. The van der Waals surface area contributed by atoms with Crippen molar-refractivity contribution in [3.63, 3.8) is 0 Å². The van der Waals surface area contributed by atoms with Crippen molar-refractivity contribution in [2.45, 2.75) is 11.4 Å². The minimum Gasteiger partial charge on any atom is -0.464 e. The highest BCUT2D eigenvalue weighted by atomic mass is 32.2. The smallest absolute Gasteiger partial charge is 0.300 e. The molecule has 0 aromatic rings. The summed E-state index contributed by atoms with van der Waals surface area (Å²) in [6.07, 6.45) is -0.579. The van der Waals surface area contributed by atoms with E-state index in [1.807, 2.05) is 0 Å². The number of hydrogen-bond donors (Lipinski definition) is 2. The Hall–Kier alpha value is -1.12. The lowest BCUT2D eigenvalue weighted by Crippen LogP contribution is -2.39. The first kappa shape index (κ1) is 11.0. The Balaban J connectivity index is 2.79. The van der Waals surface area contributed by atoms with Crippen LogP contribution in [-0.2, 0) is 24.4 Å². The van der Waals surface area contributed by atoms with Gasteiger partial charge in [0.25, 0.3) is 16.1 Å². The zero-order valence-electron chi connectivity index (χ0n) is 6.86. The van der Waals surface area contributed by atoms with Crippen LogP contribution in [0, 0.1) is 0 Å². The molecule has 8 heteroatoms. The van der Waals surface area contributed by atoms with Gasteiger partial charge in [-0.25, -0.2) is 0 Å². The second-order valence-electron chi connectivity index (χ2n) is 2.55. The maximum absolute atomic E-state index is 10.6. The number of rotatable bonds is 3. The van der Waals surface area contributed by atoms with Crippen LogP contribution in [0.2, 0.25) is 0 Å². The molecule has 0 spiro atoms. The third kappa shape index (κ3) is 2.44. The molecule has 2 atom stereocenters. The topological polar surface area (TPSA) is 110 Å². The third-order valence-electron chi connectivity index (χ3n) is 1.62. The van der Waals surface area contributed by atoms with Crippen molar-refractivity contribution in [3.05, 3.63) is 12.0 Å². The van der Waals surface area contributed by atoms with Gasteiger partial charge in [0.05, 0.1) is 0 Å². The first-order valence-corrected chi connectivity index (χ1v) is 5.04. The number of carbonyl (C=O) groups is 1. The summed E-state index contributed by atoms with van der Waals surface area (Å²) in [5.74, 6) is -0.285. The van der Waals surface area contributed by atoms with Gasteiger partial charge in [0, 0.05) is 6.08 Å². The van der Waals surface area contributed by atoms with Crippen LogP contribution in [0.5, 0.6) is 0 Å². The van der Waals surface area contributed by atoms with Gasteiger partial charge in [-0.1, -0.05) is 0 Å². The molecule has 1 unspecified atom stereocenters. The molecule has 0 fully saturated rings. The van der Waals surface area contributed by atoms with Gasteiger partial charge in [0.1, 0.15) is 18.0 Å². The van der Waals surface area contributed by atoms with E-state index in [4.69, 9.17) is 4.55 Å². The largest absolute Gasteiger partial charge is 0.464 e. The number of aliphatic hydroxyl groups excluding tert-OH is 1. The van der Waals surface area contributed by atoms with Gasteiger partial charge in [-0.15, -0.1) is 0 Å². The van der Waals surface area contributed by atoms with Crippen LogP contribution in [0.15, 0.2) is 12.0 Å². The fourth-order valence-corrected chi connectivity index (χ4v) is 1.61. The molecule has 1 heterocycles. The molecule has 0 amide bonds. The van der Waals surface area contributed by atoms with E-state index >= 15 is 0 Å². The summed E-state index contributed by atoms with van der Waals surface area (Å²) in [4.78, 5) is 9.87. The molecule has 14 heavy (non-hydrogen) atoms. The predicted molar refractivity (Wildman–Crippen MR) is 42.5 cm³/mol. The van der Waals surface area contributed by atoms with Crippen LogP contribution in [0.4, 0.5) is 0 Å². The van der Waals surface area contributed by atoms with E-state index in [2.05, 4.69) is 9.47 Å². The molecule has 2 N–H and O–H groups in total. The monoisotopic (exact) mass is 224 g/mol. The van der Waals surface area contributed by atoms with Crippen LogP contribution < -0.4 is 0 Å². The number of carbonyl (C=O) groups excluding carboxylic acids is 1. The third-order valence-corrected chi connectivity index (χ3v) is 2.80. The first-order chi connectivity index (χ1) is 6.45. The van der Waals surface area contributed by atoms with Crippen molar-refractivity contribution in [1.82, 2.24) is 0 Å². The van der Waals surface area contributed by atoms with Crippen molar-refractivity contribution in [3.8, 4) is 0 Å². The molecule has 1 rings (SSSR count). The molecule has 0 bridgehead atoms. The molecule has 0 radical (unpaired) electrons. The van der Waals surface area contributed by atoms with Crippen LogP contribution in [0.3, 0.4) is 0 Å². The molecule has 0 aromatic carbocycles. The lowest BCUT2D eigenvalue weighted by molar-refractivity contribution is -0.131. The summed E-state index contributed by atoms with van der Waals surface area (Å²) < 4.78 is 38.8. The van der Waals surface area contributed by atoms with Crippen LogP contribution in [0.1, 0.15) is 0 Å². The van der Waals surface area contributed by atoms with Gasteiger partial charge in [-0.05, 0) is 0 Å². The fraction of sp³-hybridized carbons (Fsp3) is 0.500. The van der Waals surface area contributed by atoms with Crippen molar-refractivity contribution in [2.24, 2.45) is 0 Å². The van der Waals surface area contributed by atoms with Crippen molar-refractivity contribution >= 4 is 16.6 Å². The summed E-state index contributed by atoms with van der Waals surface area (Å²) in [5, 5.41) is 7.75. The highest BCUT2D eigenvalue weighted by molar-refractivity contribution is 7.86. The average molecular weight is 224 g/mol. The molecule has 0 saturated carbocycles. The van der Waals surface area contributed by atoms with Gasteiger partial charge in [0.2, 0.25) is 0 Å². The van der Waals surface area contributed by atoms with Gasteiger partial charge in [0.15, 0.2) is 0 Å². The van der Waals surface area contributed by atoms with E-state index in [1.165, 1.54) is 0 Å². The van der Waals surface area contributed by atoms with Crippen molar-refractivity contribution in [2.75, 3.05) is 6.61 Å². The van der Waals surface area contributed by atoms with E-state index in [0.29, 0.717) is 0 Å². The van der Waals surface area contributed by atoms with Crippen LogP contribution in [0.25, 0.3) is 0 Å². The average Bonchev–Trinajstić information content (AvgIpc) is 2.02. The first-order valence-electron chi connectivity index (χ1n) is 3.54. The Kier molecular flexibility index (Phi) is 3.09. The highest BCUT2D eigenvalue weighted by Crippen LogP contribution is 2.17. The van der Waals surface area contributed by atoms with Crippen molar-refractivity contribution < 1.29 is 32.3 Å². The number of ether oxygens (including phenoxy) is 2. The Morgan fingerprint density at radius 1 is 1.64 bits per heavy atom. The second-order valence-corrected chi connectivity index (χ2v) is 4.19. The standard InChI is InChI=1S/C6H8O7S/c7-3-13-6-1-4(8)5(2-12-6)14(9,10)11/h1,3-5,8H,2H2,(H,9,10,11)/t4-,5?/m0/s1. The zero-order valence-corrected chi connectivity index (χ0v) is 7.68. The Morgan fingerprint density at radius 3 is 2.71 bits per heavy atom. The molecular weight excluding hydrogens is 216 g/mol. The quantitative estimate of drug-likeness (QED) is 0.450. The number of hydrogen-bond acceptors (Lipinski definition) is 6. The normalized spacial score (nSPS) is 27.4. The van der Waals surface area contributed by atoms with E-state index in [-0.39, 0.29) is 12.4 Å². The van der Waals surface area contributed by atoms with E-state index < -0.39 is 28.1 Å². The maximum Gasteiger partial charge on any atom is 0.300 e.